The summed E-state index contributed by atoms with van der Waals surface area (Å²) in [5.41, 5.74) is 0.188. The van der Waals surface area contributed by atoms with Crippen LogP contribution in [0.5, 0.6) is 0 Å². The lowest BCUT2D eigenvalue weighted by molar-refractivity contribution is -0.141. The molecular formula is C13H15ClFNO3. The summed E-state index contributed by atoms with van der Waals surface area (Å²) in [7, 11) is 0. The molecule has 0 fully saturated rings. The minimum absolute atomic E-state index is 0.0353. The monoisotopic (exact) mass is 287 g/mol. The second-order valence-corrected chi connectivity index (χ2v) is 4.67. The minimum Gasteiger partial charge on any atom is -0.481 e. The summed E-state index contributed by atoms with van der Waals surface area (Å²) in [5, 5.41) is 11.2. The van der Waals surface area contributed by atoms with Gasteiger partial charge in [-0.25, -0.2) is 4.39 Å². The van der Waals surface area contributed by atoms with Crippen molar-refractivity contribution in [2.24, 2.45) is 5.92 Å². The van der Waals surface area contributed by atoms with Crippen molar-refractivity contribution < 1.29 is 19.1 Å². The second kappa shape index (κ2) is 7.09. The summed E-state index contributed by atoms with van der Waals surface area (Å²) >= 11 is 5.51. The van der Waals surface area contributed by atoms with E-state index in [-0.39, 0.29) is 10.6 Å². The number of hydrogen-bond donors (Lipinski definition) is 2. The van der Waals surface area contributed by atoms with Gasteiger partial charge in [0, 0.05) is 12.1 Å². The van der Waals surface area contributed by atoms with Crippen LogP contribution < -0.4 is 5.32 Å². The quantitative estimate of drug-likeness (QED) is 0.791. The summed E-state index contributed by atoms with van der Waals surface area (Å²) in [4.78, 5) is 22.2. The van der Waals surface area contributed by atoms with Crippen LogP contribution in [0.25, 0.3) is 0 Å². The molecule has 0 radical (unpaired) electrons. The molecule has 0 heterocycles. The molecule has 0 saturated heterocycles. The van der Waals surface area contributed by atoms with Gasteiger partial charge in [0.25, 0.3) is 5.91 Å². The van der Waals surface area contributed by atoms with Crippen LogP contribution in [0, 0.1) is 11.7 Å². The Kier molecular flexibility index (Phi) is 5.76. The SMILES string of the molecule is CC(CCCNC(=O)c1ccc(Cl)c(F)c1)C(=O)O. The molecule has 19 heavy (non-hydrogen) atoms. The molecule has 0 saturated carbocycles. The summed E-state index contributed by atoms with van der Waals surface area (Å²) in [5.74, 6) is -2.34. The molecule has 0 aliphatic heterocycles. The molecule has 1 aromatic carbocycles. The number of halogens is 2. The summed E-state index contributed by atoms with van der Waals surface area (Å²) in [6.07, 6.45) is 1.03. The van der Waals surface area contributed by atoms with Crippen LogP contribution in [-0.2, 0) is 4.79 Å². The van der Waals surface area contributed by atoms with Gasteiger partial charge < -0.3 is 10.4 Å². The number of nitrogens with one attached hydrogen (secondary N) is 1. The van der Waals surface area contributed by atoms with Gasteiger partial charge in [0.1, 0.15) is 5.82 Å². The first-order chi connectivity index (χ1) is 8.91. The number of carboxylic acids is 1. The van der Waals surface area contributed by atoms with Crippen molar-refractivity contribution in [2.75, 3.05) is 6.54 Å². The van der Waals surface area contributed by atoms with Crippen LogP contribution in [-0.4, -0.2) is 23.5 Å². The lowest BCUT2D eigenvalue weighted by Crippen LogP contribution is -2.25. The minimum atomic E-state index is -0.855. The van der Waals surface area contributed by atoms with Crippen LogP contribution >= 0.6 is 11.6 Å². The van der Waals surface area contributed by atoms with Crippen molar-refractivity contribution in [1.29, 1.82) is 0 Å². The maximum Gasteiger partial charge on any atom is 0.306 e. The third kappa shape index (κ3) is 4.87. The highest BCUT2D eigenvalue weighted by Gasteiger charge is 2.11. The molecule has 0 aromatic heterocycles. The van der Waals surface area contributed by atoms with E-state index in [1.807, 2.05) is 0 Å². The van der Waals surface area contributed by atoms with Gasteiger partial charge in [-0.3, -0.25) is 9.59 Å². The third-order valence-electron chi connectivity index (χ3n) is 2.70. The van der Waals surface area contributed by atoms with E-state index in [9.17, 15) is 14.0 Å². The number of carboxylic acid groups (broad SMARTS) is 1. The Hall–Kier alpha value is -1.62. The van der Waals surface area contributed by atoms with Crippen molar-refractivity contribution in [3.63, 3.8) is 0 Å². The smallest absolute Gasteiger partial charge is 0.306 e. The van der Waals surface area contributed by atoms with E-state index in [4.69, 9.17) is 16.7 Å². The van der Waals surface area contributed by atoms with Crippen molar-refractivity contribution in [2.45, 2.75) is 19.8 Å². The van der Waals surface area contributed by atoms with Crippen LogP contribution in [0.3, 0.4) is 0 Å². The third-order valence-corrected chi connectivity index (χ3v) is 3.01. The van der Waals surface area contributed by atoms with E-state index in [0.717, 1.165) is 6.07 Å². The number of benzene rings is 1. The van der Waals surface area contributed by atoms with Crippen LogP contribution in [0.2, 0.25) is 5.02 Å². The lowest BCUT2D eigenvalue weighted by Gasteiger charge is -2.07. The maximum atomic E-state index is 13.1. The van der Waals surface area contributed by atoms with Crippen LogP contribution in [0.4, 0.5) is 4.39 Å². The van der Waals surface area contributed by atoms with Gasteiger partial charge >= 0.3 is 5.97 Å². The Morgan fingerprint density at radius 2 is 2.16 bits per heavy atom. The van der Waals surface area contributed by atoms with Crippen molar-refractivity contribution in [3.05, 3.63) is 34.6 Å². The molecular weight excluding hydrogens is 273 g/mol. The molecule has 1 unspecified atom stereocenters. The fourth-order valence-electron chi connectivity index (χ4n) is 1.47. The average Bonchev–Trinajstić information content (AvgIpc) is 2.37. The predicted octanol–water partition coefficient (Wildman–Crippen LogP) is 2.71. The molecule has 0 spiro atoms. The van der Waals surface area contributed by atoms with Crippen molar-refractivity contribution in [1.82, 2.24) is 5.32 Å². The van der Waals surface area contributed by atoms with Gasteiger partial charge in [0.05, 0.1) is 10.9 Å². The maximum absolute atomic E-state index is 13.1. The van der Waals surface area contributed by atoms with Gasteiger partial charge in [-0.15, -0.1) is 0 Å². The Labute approximate surface area is 115 Å². The molecule has 0 bridgehead atoms. The van der Waals surface area contributed by atoms with E-state index >= 15 is 0 Å². The van der Waals surface area contributed by atoms with E-state index < -0.39 is 23.6 Å². The molecule has 104 valence electrons. The highest BCUT2D eigenvalue weighted by molar-refractivity contribution is 6.30. The van der Waals surface area contributed by atoms with Gasteiger partial charge in [-0.1, -0.05) is 18.5 Å². The largest absolute Gasteiger partial charge is 0.481 e. The van der Waals surface area contributed by atoms with E-state index in [1.54, 1.807) is 6.92 Å². The summed E-state index contributed by atoms with van der Waals surface area (Å²) in [6.45, 7) is 1.96. The van der Waals surface area contributed by atoms with Crippen molar-refractivity contribution >= 4 is 23.5 Å². The number of amides is 1. The molecule has 2 N–H and O–H groups in total. The highest BCUT2D eigenvalue weighted by Crippen LogP contribution is 2.15. The molecule has 1 amide bonds. The second-order valence-electron chi connectivity index (χ2n) is 4.27. The fraction of sp³-hybridized carbons (Fsp3) is 0.385. The Morgan fingerprint density at radius 1 is 1.47 bits per heavy atom. The number of aliphatic carboxylic acids is 1. The highest BCUT2D eigenvalue weighted by atomic mass is 35.5. The predicted molar refractivity (Wildman–Crippen MR) is 69.8 cm³/mol. The van der Waals surface area contributed by atoms with E-state index in [0.29, 0.717) is 19.4 Å². The molecule has 6 heteroatoms. The van der Waals surface area contributed by atoms with E-state index in [2.05, 4.69) is 5.32 Å². The normalized spacial score (nSPS) is 11.9. The zero-order chi connectivity index (χ0) is 14.4. The number of hydrogen-bond acceptors (Lipinski definition) is 2. The first kappa shape index (κ1) is 15.4. The summed E-state index contributed by atoms with van der Waals surface area (Å²) in [6, 6.07) is 3.82. The van der Waals surface area contributed by atoms with Gasteiger partial charge in [-0.2, -0.15) is 0 Å². The average molecular weight is 288 g/mol. The first-order valence-electron chi connectivity index (χ1n) is 5.88. The standard InChI is InChI=1S/C13H15ClFNO3/c1-8(13(18)19)3-2-6-16-12(17)9-4-5-10(14)11(15)7-9/h4-5,7-8H,2-3,6H2,1H3,(H,16,17)(H,18,19). The number of carbonyl (C=O) groups is 2. The molecule has 1 atom stereocenters. The molecule has 4 nitrogen and oxygen atoms in total. The Bertz CT molecular complexity index is 479. The fourth-order valence-corrected chi connectivity index (χ4v) is 1.59. The zero-order valence-electron chi connectivity index (χ0n) is 10.5. The van der Waals surface area contributed by atoms with Crippen LogP contribution in [0.1, 0.15) is 30.1 Å². The number of rotatable bonds is 6. The molecule has 0 aliphatic carbocycles. The molecule has 1 rings (SSSR count). The van der Waals surface area contributed by atoms with Crippen LogP contribution in [0.15, 0.2) is 18.2 Å². The van der Waals surface area contributed by atoms with Gasteiger partial charge in [-0.05, 0) is 31.0 Å². The molecule has 1 aromatic rings. The van der Waals surface area contributed by atoms with Gasteiger partial charge in [0.15, 0.2) is 0 Å². The first-order valence-corrected chi connectivity index (χ1v) is 6.25. The Morgan fingerprint density at radius 3 is 2.74 bits per heavy atom. The topological polar surface area (TPSA) is 66.4 Å². The lowest BCUT2D eigenvalue weighted by atomic mass is 10.1. The summed E-state index contributed by atoms with van der Waals surface area (Å²) < 4.78 is 13.1. The Balaban J connectivity index is 2.39. The van der Waals surface area contributed by atoms with E-state index in [1.165, 1.54) is 12.1 Å². The number of carbonyl (C=O) groups excluding carboxylic acids is 1. The molecule has 0 aliphatic rings. The van der Waals surface area contributed by atoms with Gasteiger partial charge in [0.2, 0.25) is 0 Å². The van der Waals surface area contributed by atoms with Crippen molar-refractivity contribution in [3.8, 4) is 0 Å². The zero-order valence-corrected chi connectivity index (χ0v) is 11.2.